The highest BCUT2D eigenvalue weighted by molar-refractivity contribution is 5.56. The van der Waals surface area contributed by atoms with Gasteiger partial charge < -0.3 is 16.2 Å². The summed E-state index contributed by atoms with van der Waals surface area (Å²) in [4.78, 5) is 3.92. The zero-order chi connectivity index (χ0) is 11.4. The summed E-state index contributed by atoms with van der Waals surface area (Å²) in [7, 11) is 0. The first-order valence-corrected chi connectivity index (χ1v) is 4.97. The number of aromatic nitrogens is 1. The normalized spacial score (nSPS) is 10.0. The van der Waals surface area contributed by atoms with E-state index in [1.807, 2.05) is 18.2 Å². The van der Waals surface area contributed by atoms with Crippen LogP contribution in [0.5, 0.6) is 5.75 Å². The number of nitrogens with two attached hydrogens (primary N) is 1. The quantitative estimate of drug-likeness (QED) is 0.685. The van der Waals surface area contributed by atoms with Crippen LogP contribution in [0.1, 0.15) is 5.56 Å². The van der Waals surface area contributed by atoms with Gasteiger partial charge in [0.25, 0.3) is 0 Å². The molecule has 4 N–H and O–H groups in total. The summed E-state index contributed by atoms with van der Waals surface area (Å²) in [5, 5.41) is 12.7. The van der Waals surface area contributed by atoms with Crippen LogP contribution in [0.25, 0.3) is 0 Å². The second-order valence-corrected chi connectivity index (χ2v) is 3.45. The van der Waals surface area contributed by atoms with Crippen molar-refractivity contribution in [3.05, 3.63) is 48.3 Å². The minimum atomic E-state index is 0.232. The third-order valence-corrected chi connectivity index (χ3v) is 2.32. The molecule has 0 atom stereocenters. The van der Waals surface area contributed by atoms with Gasteiger partial charge in [-0.05, 0) is 23.8 Å². The molecule has 0 saturated carbocycles. The smallest absolute Gasteiger partial charge is 0.138 e. The molecule has 16 heavy (non-hydrogen) atoms. The van der Waals surface area contributed by atoms with Crippen molar-refractivity contribution in [2.75, 3.05) is 11.1 Å². The Labute approximate surface area is 93.8 Å². The van der Waals surface area contributed by atoms with E-state index in [1.54, 1.807) is 24.5 Å². The Morgan fingerprint density at radius 1 is 1.25 bits per heavy atom. The Hall–Kier alpha value is -2.23. The maximum atomic E-state index is 9.55. The summed E-state index contributed by atoms with van der Waals surface area (Å²) in [6.07, 6.45) is 3.31. The van der Waals surface area contributed by atoms with Crippen molar-refractivity contribution in [3.8, 4) is 5.75 Å². The lowest BCUT2D eigenvalue weighted by Gasteiger charge is -2.09. The summed E-state index contributed by atoms with van der Waals surface area (Å²) in [6, 6.07) is 8.94. The fourth-order valence-corrected chi connectivity index (χ4v) is 1.41. The molecule has 0 saturated heterocycles. The number of hydrogen-bond donors (Lipinski definition) is 3. The lowest BCUT2D eigenvalue weighted by atomic mass is 10.2. The average Bonchev–Trinajstić information content (AvgIpc) is 2.30. The Kier molecular flexibility index (Phi) is 2.91. The van der Waals surface area contributed by atoms with Gasteiger partial charge in [-0.3, -0.25) is 4.98 Å². The molecule has 4 heteroatoms. The van der Waals surface area contributed by atoms with Gasteiger partial charge in [0.15, 0.2) is 0 Å². The van der Waals surface area contributed by atoms with Gasteiger partial charge in [-0.25, -0.2) is 0 Å². The maximum absolute atomic E-state index is 9.55. The molecular weight excluding hydrogens is 202 g/mol. The van der Waals surface area contributed by atoms with Gasteiger partial charge in [0.2, 0.25) is 0 Å². The molecule has 0 unspecified atom stereocenters. The summed E-state index contributed by atoms with van der Waals surface area (Å²) < 4.78 is 0. The van der Waals surface area contributed by atoms with Gasteiger partial charge in [0, 0.05) is 12.7 Å². The number of rotatable bonds is 3. The molecule has 4 nitrogen and oxygen atoms in total. The number of anilines is 2. The summed E-state index contributed by atoms with van der Waals surface area (Å²) in [6.45, 7) is 0.561. The molecular formula is C12H13N3O. The molecule has 0 amide bonds. The van der Waals surface area contributed by atoms with E-state index in [2.05, 4.69) is 10.3 Å². The highest BCUT2D eigenvalue weighted by Crippen LogP contribution is 2.22. The number of phenolic OH excluding ortho intramolecular Hbond substituents is 1. The monoisotopic (exact) mass is 215 g/mol. The third-order valence-electron chi connectivity index (χ3n) is 2.32. The van der Waals surface area contributed by atoms with E-state index in [1.165, 1.54) is 0 Å². The van der Waals surface area contributed by atoms with Crippen molar-refractivity contribution < 1.29 is 5.11 Å². The predicted octanol–water partition coefficient (Wildman–Crippen LogP) is 1.98. The van der Waals surface area contributed by atoms with Crippen LogP contribution < -0.4 is 11.1 Å². The molecule has 2 rings (SSSR count). The van der Waals surface area contributed by atoms with Crippen LogP contribution in [0.4, 0.5) is 11.4 Å². The highest BCUT2D eigenvalue weighted by atomic mass is 16.3. The molecule has 0 aliphatic carbocycles. The Bertz CT molecular complexity index is 440. The van der Waals surface area contributed by atoms with Crippen LogP contribution in [0.3, 0.4) is 0 Å². The fourth-order valence-electron chi connectivity index (χ4n) is 1.41. The molecule has 82 valence electrons. The second-order valence-electron chi connectivity index (χ2n) is 3.45. The predicted molar refractivity (Wildman–Crippen MR) is 64.1 cm³/mol. The molecule has 0 fully saturated rings. The first kappa shape index (κ1) is 10.3. The van der Waals surface area contributed by atoms with Crippen LogP contribution in [0.15, 0.2) is 42.7 Å². The minimum absolute atomic E-state index is 0.232. The van der Waals surface area contributed by atoms with E-state index >= 15 is 0 Å². The van der Waals surface area contributed by atoms with E-state index in [-0.39, 0.29) is 5.75 Å². The standard InChI is InChI=1S/C12H13N3O/c13-10-8-14-6-5-9(10)7-15-11-3-1-2-4-12(11)16/h1-6,8,15-16H,7,13H2. The van der Waals surface area contributed by atoms with Gasteiger partial charge in [-0.2, -0.15) is 0 Å². The first-order chi connectivity index (χ1) is 7.77. The Morgan fingerprint density at radius 2 is 2.06 bits per heavy atom. The molecule has 0 aliphatic heterocycles. The zero-order valence-corrected chi connectivity index (χ0v) is 8.72. The summed E-state index contributed by atoms with van der Waals surface area (Å²) in [5.41, 5.74) is 8.05. The fraction of sp³-hybridized carbons (Fsp3) is 0.0833. The second kappa shape index (κ2) is 4.53. The molecule has 0 bridgehead atoms. The highest BCUT2D eigenvalue weighted by Gasteiger charge is 2.01. The van der Waals surface area contributed by atoms with Gasteiger partial charge in [0.1, 0.15) is 5.75 Å². The van der Waals surface area contributed by atoms with Crippen molar-refractivity contribution in [1.29, 1.82) is 0 Å². The van der Waals surface area contributed by atoms with Crippen molar-refractivity contribution in [2.45, 2.75) is 6.54 Å². The number of nitrogen functional groups attached to an aromatic ring is 1. The summed E-state index contributed by atoms with van der Waals surface area (Å²) in [5.74, 6) is 0.232. The molecule has 2 aromatic rings. The number of nitrogens with one attached hydrogen (secondary N) is 1. The topological polar surface area (TPSA) is 71.2 Å². The lowest BCUT2D eigenvalue weighted by Crippen LogP contribution is -2.03. The number of para-hydroxylation sites is 2. The van der Waals surface area contributed by atoms with Gasteiger partial charge in [0.05, 0.1) is 17.6 Å². The number of aromatic hydroxyl groups is 1. The zero-order valence-electron chi connectivity index (χ0n) is 8.72. The van der Waals surface area contributed by atoms with Gasteiger partial charge >= 0.3 is 0 Å². The van der Waals surface area contributed by atoms with Gasteiger partial charge in [-0.1, -0.05) is 12.1 Å². The van der Waals surface area contributed by atoms with Crippen molar-refractivity contribution in [1.82, 2.24) is 4.98 Å². The number of benzene rings is 1. The van der Waals surface area contributed by atoms with E-state index in [0.717, 1.165) is 5.56 Å². The molecule has 1 heterocycles. The van der Waals surface area contributed by atoms with Crippen LogP contribution in [-0.4, -0.2) is 10.1 Å². The third kappa shape index (κ3) is 2.23. The number of hydrogen-bond acceptors (Lipinski definition) is 4. The van der Waals surface area contributed by atoms with Crippen molar-refractivity contribution >= 4 is 11.4 Å². The molecule has 0 aliphatic rings. The first-order valence-electron chi connectivity index (χ1n) is 4.97. The molecule has 1 aromatic heterocycles. The summed E-state index contributed by atoms with van der Waals surface area (Å²) >= 11 is 0. The molecule has 1 aromatic carbocycles. The maximum Gasteiger partial charge on any atom is 0.138 e. The van der Waals surface area contributed by atoms with Crippen LogP contribution >= 0.6 is 0 Å². The van der Waals surface area contributed by atoms with E-state index in [9.17, 15) is 5.11 Å². The van der Waals surface area contributed by atoms with Crippen LogP contribution in [0.2, 0.25) is 0 Å². The largest absolute Gasteiger partial charge is 0.506 e. The van der Waals surface area contributed by atoms with Gasteiger partial charge in [-0.15, -0.1) is 0 Å². The van der Waals surface area contributed by atoms with Crippen LogP contribution in [0, 0.1) is 0 Å². The number of nitrogens with zero attached hydrogens (tertiary/aromatic N) is 1. The van der Waals surface area contributed by atoms with Crippen molar-refractivity contribution in [3.63, 3.8) is 0 Å². The van der Waals surface area contributed by atoms with E-state index in [4.69, 9.17) is 5.73 Å². The molecule has 0 radical (unpaired) electrons. The minimum Gasteiger partial charge on any atom is -0.506 e. The average molecular weight is 215 g/mol. The lowest BCUT2D eigenvalue weighted by molar-refractivity contribution is 0.477. The van der Waals surface area contributed by atoms with Crippen molar-refractivity contribution in [2.24, 2.45) is 0 Å². The number of phenols is 1. The van der Waals surface area contributed by atoms with E-state index in [0.29, 0.717) is 17.9 Å². The van der Waals surface area contributed by atoms with Crippen LogP contribution in [-0.2, 0) is 6.54 Å². The number of pyridine rings is 1. The van der Waals surface area contributed by atoms with E-state index < -0.39 is 0 Å². The Balaban J connectivity index is 2.09. The Morgan fingerprint density at radius 3 is 2.81 bits per heavy atom. The SMILES string of the molecule is Nc1cnccc1CNc1ccccc1O. The molecule has 0 spiro atoms.